The molecule has 2 aromatic carbocycles. The highest BCUT2D eigenvalue weighted by Gasteiger charge is 2.31. The van der Waals surface area contributed by atoms with Gasteiger partial charge in [-0.05, 0) is 80.1 Å². The Morgan fingerprint density at radius 1 is 0.786 bits per heavy atom. The van der Waals surface area contributed by atoms with Crippen molar-refractivity contribution in [1.29, 1.82) is 0 Å². The lowest BCUT2D eigenvalue weighted by Crippen LogP contribution is -2.55. The lowest BCUT2D eigenvalue weighted by Gasteiger charge is -2.37. The number of aliphatic imine (C=N–C) groups is 2. The lowest BCUT2D eigenvalue weighted by atomic mass is 9.82. The Balaban J connectivity index is 1.21. The molecule has 214 valence electrons. The van der Waals surface area contributed by atoms with Gasteiger partial charge in [0.2, 0.25) is 0 Å². The zero-order valence-electron chi connectivity index (χ0n) is 24.5. The average Bonchev–Trinajstić information content (AvgIpc) is 3.09. The Bertz CT molecular complexity index is 1490. The molecule has 0 aromatic heterocycles. The predicted molar refractivity (Wildman–Crippen MR) is 175 cm³/mol. The molecule has 3 aliphatic carbocycles. The lowest BCUT2D eigenvalue weighted by molar-refractivity contribution is 0.307. The standard InChI is InChI=1S/C38H42N4/c1-5-14-27(15-6-1)34-25-24-33(35(39-34)28-16-7-2-8-17-28)31-22-13-23-32(26-31)38-41-36(29-18-9-3-10-19-29)40-37(42-38)30-20-11-4-12-21-30/h1-2,5-9,13-14,16-18,20,22-23,25-27,29,33,36,38,41H,3-4,10-12,15,19,21,24H2,(H,40,42). The summed E-state index contributed by atoms with van der Waals surface area (Å²) < 4.78 is 0. The first-order valence-electron chi connectivity index (χ1n) is 16.1. The van der Waals surface area contributed by atoms with Crippen LogP contribution in [-0.4, -0.2) is 17.7 Å². The minimum Gasteiger partial charge on any atom is -0.354 e. The number of amidine groups is 1. The van der Waals surface area contributed by atoms with E-state index in [1.165, 1.54) is 65.8 Å². The molecule has 4 nitrogen and oxygen atoms in total. The van der Waals surface area contributed by atoms with Crippen LogP contribution < -0.4 is 10.6 Å². The predicted octanol–water partition coefficient (Wildman–Crippen LogP) is 8.45. The molecule has 2 aromatic rings. The Morgan fingerprint density at radius 3 is 2.52 bits per heavy atom. The number of benzene rings is 2. The molecule has 0 saturated carbocycles. The molecule has 0 saturated heterocycles. The number of nitrogens with zero attached hydrogens (tertiary/aromatic N) is 2. The summed E-state index contributed by atoms with van der Waals surface area (Å²) in [7, 11) is 0. The second-order valence-corrected chi connectivity index (χ2v) is 12.3. The molecule has 0 amide bonds. The summed E-state index contributed by atoms with van der Waals surface area (Å²) in [5.74, 6) is 2.13. The molecule has 7 rings (SSSR count). The van der Waals surface area contributed by atoms with Gasteiger partial charge in [-0.2, -0.15) is 0 Å². The molecule has 42 heavy (non-hydrogen) atoms. The molecular weight excluding hydrogens is 512 g/mol. The van der Waals surface area contributed by atoms with Crippen molar-refractivity contribution in [3.8, 4) is 0 Å². The van der Waals surface area contributed by atoms with Crippen LogP contribution in [0.4, 0.5) is 0 Å². The SMILES string of the molecule is C1=CCC(C2=CCC(c3cccc(C4N=C(C5=CCCCC5)NC(C5C=CCCC5)N4)c3)C(c3ccccc3)=N2)C=C1. The van der Waals surface area contributed by atoms with Crippen molar-refractivity contribution in [2.24, 2.45) is 21.8 Å². The highest BCUT2D eigenvalue weighted by atomic mass is 15.3. The first-order chi connectivity index (χ1) is 20.8. The summed E-state index contributed by atoms with van der Waals surface area (Å²) in [4.78, 5) is 10.6. The largest absolute Gasteiger partial charge is 0.354 e. The molecule has 2 N–H and O–H groups in total. The van der Waals surface area contributed by atoms with E-state index in [0.717, 1.165) is 31.5 Å². The quantitative estimate of drug-likeness (QED) is 0.352. The minimum atomic E-state index is -0.0738. The molecule has 0 bridgehead atoms. The normalized spacial score (nSPS) is 29.2. The zero-order valence-corrected chi connectivity index (χ0v) is 24.5. The van der Waals surface area contributed by atoms with Gasteiger partial charge >= 0.3 is 0 Å². The maximum Gasteiger partial charge on any atom is 0.129 e. The summed E-state index contributed by atoms with van der Waals surface area (Å²) in [6.45, 7) is 0. The van der Waals surface area contributed by atoms with E-state index < -0.39 is 0 Å². The molecule has 4 heteroatoms. The van der Waals surface area contributed by atoms with E-state index in [2.05, 4.69) is 114 Å². The fraction of sp³-hybridized carbons (Fsp3) is 0.368. The number of allylic oxidation sites excluding steroid dienone is 7. The molecule has 5 unspecified atom stereocenters. The number of nitrogens with one attached hydrogen (secondary N) is 2. The number of hydrogen-bond acceptors (Lipinski definition) is 4. The molecule has 2 heterocycles. The molecule has 0 radical (unpaired) electrons. The summed E-state index contributed by atoms with van der Waals surface area (Å²) in [5, 5.41) is 7.72. The van der Waals surface area contributed by atoms with E-state index >= 15 is 0 Å². The van der Waals surface area contributed by atoms with Gasteiger partial charge in [0.1, 0.15) is 12.0 Å². The third kappa shape index (κ3) is 5.91. The van der Waals surface area contributed by atoms with Gasteiger partial charge in [0.15, 0.2) is 0 Å². The summed E-state index contributed by atoms with van der Waals surface area (Å²) >= 11 is 0. The van der Waals surface area contributed by atoms with E-state index in [4.69, 9.17) is 9.98 Å². The maximum absolute atomic E-state index is 5.35. The van der Waals surface area contributed by atoms with Crippen molar-refractivity contribution >= 4 is 11.5 Å². The second-order valence-electron chi connectivity index (χ2n) is 12.3. The van der Waals surface area contributed by atoms with E-state index in [0.29, 0.717) is 11.8 Å². The van der Waals surface area contributed by atoms with Gasteiger partial charge < -0.3 is 5.32 Å². The Kier molecular flexibility index (Phi) is 8.15. The van der Waals surface area contributed by atoms with Gasteiger partial charge in [0.25, 0.3) is 0 Å². The molecule has 0 fully saturated rings. The highest BCUT2D eigenvalue weighted by Crippen LogP contribution is 2.36. The smallest absolute Gasteiger partial charge is 0.129 e. The van der Waals surface area contributed by atoms with Crippen LogP contribution in [0.25, 0.3) is 0 Å². The second kappa shape index (κ2) is 12.6. The van der Waals surface area contributed by atoms with Crippen LogP contribution in [0.2, 0.25) is 0 Å². The Morgan fingerprint density at radius 2 is 1.71 bits per heavy atom. The molecule has 5 atom stereocenters. The molecule has 5 aliphatic rings. The fourth-order valence-electron chi connectivity index (χ4n) is 7.07. The first-order valence-corrected chi connectivity index (χ1v) is 16.1. The Labute approximate surface area is 250 Å². The van der Waals surface area contributed by atoms with Crippen LogP contribution in [0, 0.1) is 11.8 Å². The van der Waals surface area contributed by atoms with Crippen molar-refractivity contribution in [2.75, 3.05) is 0 Å². The van der Waals surface area contributed by atoms with Crippen molar-refractivity contribution in [3.05, 3.63) is 131 Å². The van der Waals surface area contributed by atoms with E-state index in [9.17, 15) is 0 Å². The first kappa shape index (κ1) is 27.1. The summed E-state index contributed by atoms with van der Waals surface area (Å²) in [6, 6.07) is 19.9. The van der Waals surface area contributed by atoms with Crippen LogP contribution >= 0.6 is 0 Å². The highest BCUT2D eigenvalue weighted by molar-refractivity contribution is 6.06. The van der Waals surface area contributed by atoms with E-state index in [1.807, 2.05) is 0 Å². The van der Waals surface area contributed by atoms with Crippen LogP contribution in [0.15, 0.2) is 124 Å². The number of hydrogen-bond donors (Lipinski definition) is 2. The van der Waals surface area contributed by atoms with Gasteiger partial charge in [-0.3, -0.25) is 10.3 Å². The van der Waals surface area contributed by atoms with E-state index in [-0.39, 0.29) is 18.2 Å². The Hall–Kier alpha value is -3.76. The van der Waals surface area contributed by atoms with Crippen molar-refractivity contribution < 1.29 is 0 Å². The van der Waals surface area contributed by atoms with Crippen LogP contribution in [0.5, 0.6) is 0 Å². The fourth-order valence-corrected chi connectivity index (χ4v) is 7.07. The van der Waals surface area contributed by atoms with Crippen LogP contribution in [0.1, 0.15) is 86.6 Å². The van der Waals surface area contributed by atoms with Crippen LogP contribution in [-0.2, 0) is 0 Å². The maximum atomic E-state index is 5.35. The van der Waals surface area contributed by atoms with E-state index in [1.54, 1.807) is 0 Å². The topological polar surface area (TPSA) is 48.8 Å². The minimum absolute atomic E-state index is 0.0738. The average molecular weight is 555 g/mol. The van der Waals surface area contributed by atoms with Crippen molar-refractivity contribution in [3.63, 3.8) is 0 Å². The van der Waals surface area contributed by atoms with Gasteiger partial charge in [0.05, 0.1) is 11.9 Å². The van der Waals surface area contributed by atoms with Crippen molar-refractivity contribution in [1.82, 2.24) is 10.6 Å². The van der Waals surface area contributed by atoms with Gasteiger partial charge in [-0.15, -0.1) is 0 Å². The third-order valence-electron chi connectivity index (χ3n) is 9.40. The summed E-state index contributed by atoms with van der Waals surface area (Å²) in [6.07, 6.45) is 28.9. The molecule has 2 aliphatic heterocycles. The molecular formula is C38H42N4. The zero-order chi connectivity index (χ0) is 28.1. The molecule has 0 spiro atoms. The number of rotatable bonds is 6. The van der Waals surface area contributed by atoms with Crippen LogP contribution in [0.3, 0.4) is 0 Å². The van der Waals surface area contributed by atoms with Gasteiger partial charge in [-0.25, -0.2) is 4.99 Å². The third-order valence-corrected chi connectivity index (χ3v) is 9.40. The van der Waals surface area contributed by atoms with Gasteiger partial charge in [-0.1, -0.05) is 103 Å². The van der Waals surface area contributed by atoms with Gasteiger partial charge in [0, 0.05) is 23.5 Å². The van der Waals surface area contributed by atoms with Crippen molar-refractivity contribution in [2.45, 2.75) is 76.0 Å². The monoisotopic (exact) mass is 554 g/mol. The summed E-state index contributed by atoms with van der Waals surface area (Å²) in [5.41, 5.74) is 7.52.